The van der Waals surface area contributed by atoms with Crippen molar-refractivity contribution < 1.29 is 4.74 Å². The number of hydrogen-bond donors (Lipinski definition) is 0. The van der Waals surface area contributed by atoms with E-state index in [1.54, 1.807) is 35.9 Å². The van der Waals surface area contributed by atoms with Crippen molar-refractivity contribution >= 4 is 34.3 Å². The third kappa shape index (κ3) is 2.46. The van der Waals surface area contributed by atoms with Gasteiger partial charge in [0.15, 0.2) is 5.16 Å². The first-order valence-corrected chi connectivity index (χ1v) is 8.15. The van der Waals surface area contributed by atoms with Crippen molar-refractivity contribution in [2.24, 2.45) is 0 Å². The molecule has 0 radical (unpaired) electrons. The average Bonchev–Trinajstić information content (AvgIpc) is 2.54. The number of fused-ring (bicyclic) bond motifs is 1. The fourth-order valence-corrected chi connectivity index (χ4v) is 3.08. The molecule has 0 atom stereocenters. The number of thioether (sulfide) groups is 1. The molecule has 1 aromatic heterocycles. The van der Waals surface area contributed by atoms with Crippen LogP contribution in [-0.2, 0) is 0 Å². The maximum atomic E-state index is 12.8. The van der Waals surface area contributed by atoms with Gasteiger partial charge in [0.25, 0.3) is 5.56 Å². The Hall–Kier alpha value is -1.98. The molecule has 0 bridgehead atoms. The average molecular weight is 333 g/mol. The minimum absolute atomic E-state index is 0.115. The predicted octanol–water partition coefficient (Wildman–Crippen LogP) is 3.77. The number of nitrogens with zero attached hydrogens (tertiary/aromatic N) is 2. The van der Waals surface area contributed by atoms with Gasteiger partial charge in [-0.25, -0.2) is 4.98 Å². The van der Waals surface area contributed by atoms with E-state index in [-0.39, 0.29) is 5.56 Å². The summed E-state index contributed by atoms with van der Waals surface area (Å²) in [5.74, 6) is 0.568. The molecule has 112 valence electrons. The number of halogens is 1. The van der Waals surface area contributed by atoms with E-state index in [0.717, 1.165) is 0 Å². The van der Waals surface area contributed by atoms with Crippen molar-refractivity contribution in [1.29, 1.82) is 0 Å². The number of hydrogen-bond acceptors (Lipinski definition) is 4. The Kier molecular flexibility index (Phi) is 4.09. The van der Waals surface area contributed by atoms with E-state index in [9.17, 15) is 4.79 Å². The summed E-state index contributed by atoms with van der Waals surface area (Å²) in [7, 11) is 1.55. The van der Waals surface area contributed by atoms with E-state index in [1.165, 1.54) is 11.8 Å². The Morgan fingerprint density at radius 3 is 2.68 bits per heavy atom. The van der Waals surface area contributed by atoms with Crippen LogP contribution in [0.3, 0.4) is 0 Å². The standard InChI is InChI=1S/C16H13ClN2O2S/c1-21-14-8-7-10(9-12(14)17)19-15(20)11-5-3-4-6-13(11)18-16(19)22-2/h3-9H,1-2H3. The minimum Gasteiger partial charge on any atom is -0.495 e. The lowest BCUT2D eigenvalue weighted by atomic mass is 10.2. The van der Waals surface area contributed by atoms with Crippen molar-refractivity contribution in [2.75, 3.05) is 13.4 Å². The molecule has 0 amide bonds. The van der Waals surface area contributed by atoms with Gasteiger partial charge in [0, 0.05) is 0 Å². The highest BCUT2D eigenvalue weighted by atomic mass is 35.5. The summed E-state index contributed by atoms with van der Waals surface area (Å²) < 4.78 is 6.72. The Bertz CT molecular complexity index is 908. The molecule has 0 unspecified atom stereocenters. The van der Waals surface area contributed by atoms with Crippen LogP contribution in [0.5, 0.6) is 5.75 Å². The minimum atomic E-state index is -0.115. The highest BCUT2D eigenvalue weighted by molar-refractivity contribution is 7.98. The first-order valence-electron chi connectivity index (χ1n) is 6.55. The Labute approximate surface area is 136 Å². The number of ether oxygens (including phenoxy) is 1. The zero-order valence-corrected chi connectivity index (χ0v) is 13.6. The monoisotopic (exact) mass is 332 g/mol. The van der Waals surface area contributed by atoms with Gasteiger partial charge in [0.1, 0.15) is 5.75 Å². The van der Waals surface area contributed by atoms with Crippen LogP contribution >= 0.6 is 23.4 Å². The molecule has 3 aromatic rings. The van der Waals surface area contributed by atoms with Crippen LogP contribution in [0.4, 0.5) is 0 Å². The summed E-state index contributed by atoms with van der Waals surface area (Å²) in [6.07, 6.45) is 1.89. The van der Waals surface area contributed by atoms with E-state index < -0.39 is 0 Å². The van der Waals surface area contributed by atoms with Crippen LogP contribution in [-0.4, -0.2) is 22.9 Å². The van der Waals surface area contributed by atoms with Crippen molar-refractivity contribution in [1.82, 2.24) is 9.55 Å². The van der Waals surface area contributed by atoms with Crippen LogP contribution in [0.25, 0.3) is 16.6 Å². The molecule has 1 heterocycles. The predicted molar refractivity (Wildman–Crippen MR) is 90.7 cm³/mol. The second kappa shape index (κ2) is 6.02. The van der Waals surface area contributed by atoms with Gasteiger partial charge in [0.05, 0.1) is 28.7 Å². The highest BCUT2D eigenvalue weighted by Crippen LogP contribution is 2.28. The van der Waals surface area contributed by atoms with Gasteiger partial charge < -0.3 is 4.74 Å². The van der Waals surface area contributed by atoms with E-state index in [4.69, 9.17) is 16.3 Å². The number of benzene rings is 2. The third-order valence-corrected chi connectivity index (χ3v) is 4.26. The summed E-state index contributed by atoms with van der Waals surface area (Å²) in [5.41, 5.74) is 1.24. The lowest BCUT2D eigenvalue weighted by Crippen LogP contribution is -2.21. The largest absolute Gasteiger partial charge is 0.495 e. The van der Waals surface area contributed by atoms with Crippen molar-refractivity contribution in [2.45, 2.75) is 5.16 Å². The van der Waals surface area contributed by atoms with E-state index in [1.807, 2.05) is 24.5 Å². The maximum Gasteiger partial charge on any atom is 0.266 e. The van der Waals surface area contributed by atoms with Gasteiger partial charge in [-0.2, -0.15) is 0 Å². The van der Waals surface area contributed by atoms with Gasteiger partial charge >= 0.3 is 0 Å². The molecule has 4 nitrogen and oxygen atoms in total. The molecule has 22 heavy (non-hydrogen) atoms. The normalized spacial score (nSPS) is 10.9. The van der Waals surface area contributed by atoms with Gasteiger partial charge in [-0.05, 0) is 36.6 Å². The molecule has 0 aliphatic rings. The van der Waals surface area contributed by atoms with E-state index >= 15 is 0 Å². The number of aromatic nitrogens is 2. The van der Waals surface area contributed by atoms with Crippen LogP contribution < -0.4 is 10.3 Å². The molecule has 6 heteroatoms. The van der Waals surface area contributed by atoms with Crippen molar-refractivity contribution in [3.63, 3.8) is 0 Å². The lowest BCUT2D eigenvalue weighted by Gasteiger charge is -2.13. The summed E-state index contributed by atoms with van der Waals surface area (Å²) in [5, 5.41) is 1.64. The van der Waals surface area contributed by atoms with Crippen LogP contribution in [0, 0.1) is 0 Å². The maximum absolute atomic E-state index is 12.8. The molecule has 3 rings (SSSR count). The molecule has 0 aliphatic carbocycles. The zero-order valence-electron chi connectivity index (χ0n) is 12.0. The summed E-state index contributed by atoms with van der Waals surface area (Å²) in [6, 6.07) is 12.5. The second-order valence-electron chi connectivity index (χ2n) is 4.58. The molecular weight excluding hydrogens is 320 g/mol. The first-order chi connectivity index (χ1) is 10.7. The van der Waals surface area contributed by atoms with Crippen molar-refractivity contribution in [3.05, 3.63) is 57.8 Å². The second-order valence-corrected chi connectivity index (χ2v) is 5.76. The summed E-state index contributed by atoms with van der Waals surface area (Å²) >= 11 is 7.59. The molecular formula is C16H13ClN2O2S. The highest BCUT2D eigenvalue weighted by Gasteiger charge is 2.13. The molecule has 0 saturated carbocycles. The number of rotatable bonds is 3. The SMILES string of the molecule is COc1ccc(-n2c(SC)nc3ccccc3c2=O)cc1Cl. The quantitative estimate of drug-likeness (QED) is 0.541. The Balaban J connectivity index is 2.32. The Morgan fingerprint density at radius 1 is 1.23 bits per heavy atom. The molecule has 0 aliphatic heterocycles. The van der Waals surface area contributed by atoms with Crippen molar-refractivity contribution in [3.8, 4) is 11.4 Å². The molecule has 0 fully saturated rings. The first kappa shape index (κ1) is 14.9. The Morgan fingerprint density at radius 2 is 2.00 bits per heavy atom. The number of methoxy groups -OCH3 is 1. The topological polar surface area (TPSA) is 44.1 Å². The van der Waals surface area contributed by atoms with Crippen LogP contribution in [0.15, 0.2) is 52.4 Å². The fraction of sp³-hybridized carbons (Fsp3) is 0.125. The lowest BCUT2D eigenvalue weighted by molar-refractivity contribution is 0.415. The van der Waals surface area contributed by atoms with Gasteiger partial charge in [-0.3, -0.25) is 9.36 Å². The van der Waals surface area contributed by atoms with Gasteiger partial charge in [0.2, 0.25) is 0 Å². The molecule has 0 saturated heterocycles. The van der Waals surface area contributed by atoms with Crippen LogP contribution in [0.1, 0.15) is 0 Å². The number of para-hydroxylation sites is 1. The smallest absolute Gasteiger partial charge is 0.266 e. The zero-order chi connectivity index (χ0) is 15.7. The van der Waals surface area contributed by atoms with Gasteiger partial charge in [-0.1, -0.05) is 35.5 Å². The van der Waals surface area contributed by atoms with E-state index in [2.05, 4.69) is 4.98 Å². The van der Waals surface area contributed by atoms with Gasteiger partial charge in [-0.15, -0.1) is 0 Å². The van der Waals surface area contributed by atoms with E-state index in [0.29, 0.717) is 32.5 Å². The fourth-order valence-electron chi connectivity index (χ4n) is 2.27. The van der Waals surface area contributed by atoms with Crippen LogP contribution in [0.2, 0.25) is 5.02 Å². The molecule has 2 aromatic carbocycles. The summed E-state index contributed by atoms with van der Waals surface area (Å²) in [4.78, 5) is 17.4. The molecule has 0 N–H and O–H groups in total. The molecule has 0 spiro atoms. The third-order valence-electron chi connectivity index (χ3n) is 3.32. The summed E-state index contributed by atoms with van der Waals surface area (Å²) in [6.45, 7) is 0.